The van der Waals surface area contributed by atoms with Gasteiger partial charge in [-0.1, -0.05) is 27.7 Å². The Morgan fingerprint density at radius 3 is 2.15 bits per heavy atom. The Balaban J connectivity index is 2.15. The Labute approximate surface area is 153 Å². The highest BCUT2D eigenvalue weighted by Gasteiger charge is 2.16. The predicted octanol–water partition coefficient (Wildman–Crippen LogP) is 4.90. The number of hydrogen-bond acceptors (Lipinski definition) is 3. The molecule has 1 amide bonds. The van der Waals surface area contributed by atoms with Crippen molar-refractivity contribution >= 4 is 23.6 Å². The number of furan rings is 1. The number of hydrogen-bond donors (Lipinski definition) is 1. The van der Waals surface area contributed by atoms with Gasteiger partial charge in [-0.15, -0.1) is 0 Å². The second kappa shape index (κ2) is 8.04. The van der Waals surface area contributed by atoms with Crippen LogP contribution in [0.25, 0.3) is 6.08 Å². The molecule has 0 spiro atoms. The average Bonchev–Trinajstić information content (AvgIpc) is 3.04. The fraction of sp³-hybridized carbons (Fsp3) is 0.333. The van der Waals surface area contributed by atoms with E-state index in [2.05, 4.69) is 27.7 Å². The van der Waals surface area contributed by atoms with Crippen LogP contribution in [0.2, 0.25) is 0 Å². The molecule has 1 aromatic carbocycles. The molecule has 1 aromatic heterocycles. The molecular formula is C21H25NO4. The molecule has 0 radical (unpaired) electrons. The number of carboxylic acid groups (broad SMARTS) is 1. The topological polar surface area (TPSA) is 70.8 Å². The van der Waals surface area contributed by atoms with E-state index >= 15 is 0 Å². The van der Waals surface area contributed by atoms with Gasteiger partial charge in [0.15, 0.2) is 0 Å². The number of carbonyl (C=O) groups excluding carboxylic acids is 1. The molecule has 0 saturated heterocycles. The van der Waals surface area contributed by atoms with Gasteiger partial charge in [0.1, 0.15) is 11.5 Å². The summed E-state index contributed by atoms with van der Waals surface area (Å²) < 4.78 is 5.89. The van der Waals surface area contributed by atoms with Crippen molar-refractivity contribution in [1.82, 2.24) is 0 Å². The first-order valence-electron chi connectivity index (χ1n) is 8.63. The molecule has 1 N–H and O–H groups in total. The molecule has 0 bridgehead atoms. The fourth-order valence-corrected chi connectivity index (χ4v) is 2.64. The Hall–Kier alpha value is -2.82. The van der Waals surface area contributed by atoms with Crippen molar-refractivity contribution in [3.05, 3.63) is 59.1 Å². The third-order valence-electron chi connectivity index (χ3n) is 4.18. The van der Waals surface area contributed by atoms with Crippen molar-refractivity contribution in [1.29, 1.82) is 0 Å². The van der Waals surface area contributed by atoms with Gasteiger partial charge in [0, 0.05) is 24.7 Å². The van der Waals surface area contributed by atoms with Crippen molar-refractivity contribution in [2.24, 2.45) is 0 Å². The van der Waals surface area contributed by atoms with Gasteiger partial charge in [-0.3, -0.25) is 4.79 Å². The number of carboxylic acids is 1. The van der Waals surface area contributed by atoms with Gasteiger partial charge in [-0.05, 0) is 47.9 Å². The Bertz CT molecular complexity index is 788. The summed E-state index contributed by atoms with van der Waals surface area (Å²) in [6.07, 6.45) is 3.13. The molecule has 26 heavy (non-hydrogen) atoms. The van der Waals surface area contributed by atoms with Crippen LogP contribution in [0.3, 0.4) is 0 Å². The van der Waals surface area contributed by atoms with Crippen LogP contribution in [0.1, 0.15) is 67.0 Å². The van der Waals surface area contributed by atoms with Gasteiger partial charge >= 0.3 is 5.97 Å². The number of aromatic carboxylic acids is 1. The van der Waals surface area contributed by atoms with Gasteiger partial charge in [-0.25, -0.2) is 4.79 Å². The number of benzene rings is 1. The third-order valence-corrected chi connectivity index (χ3v) is 4.18. The number of rotatable bonds is 6. The number of anilines is 1. The molecule has 0 unspecified atom stereocenters. The van der Waals surface area contributed by atoms with E-state index in [0.717, 1.165) is 11.3 Å². The quantitative estimate of drug-likeness (QED) is 0.748. The first-order valence-corrected chi connectivity index (χ1v) is 8.63. The SMILES string of the molecule is CC(C)c1cc(C=CC(=O)N(C)c2ccc(C(=O)O)cc2)oc1C(C)C. The molecule has 5 heteroatoms. The van der Waals surface area contributed by atoms with E-state index in [-0.39, 0.29) is 17.4 Å². The van der Waals surface area contributed by atoms with Crippen molar-refractivity contribution in [2.45, 2.75) is 39.5 Å². The molecule has 5 nitrogen and oxygen atoms in total. The van der Waals surface area contributed by atoms with E-state index in [1.807, 2.05) is 6.07 Å². The maximum Gasteiger partial charge on any atom is 0.335 e. The maximum atomic E-state index is 12.4. The number of likely N-dealkylation sites (N-methyl/N-ethyl adjacent to an activating group) is 1. The van der Waals surface area contributed by atoms with Crippen LogP contribution in [0.4, 0.5) is 5.69 Å². The lowest BCUT2D eigenvalue weighted by molar-refractivity contribution is -0.113. The second-order valence-corrected chi connectivity index (χ2v) is 6.86. The van der Waals surface area contributed by atoms with Crippen LogP contribution < -0.4 is 4.90 Å². The Kier molecular flexibility index (Phi) is 6.03. The molecule has 138 valence electrons. The first kappa shape index (κ1) is 19.5. The molecular weight excluding hydrogens is 330 g/mol. The van der Waals surface area contributed by atoms with Crippen LogP contribution in [-0.4, -0.2) is 24.0 Å². The van der Waals surface area contributed by atoms with E-state index in [1.165, 1.54) is 23.1 Å². The molecule has 2 rings (SSSR count). The Morgan fingerprint density at radius 2 is 1.69 bits per heavy atom. The van der Waals surface area contributed by atoms with E-state index in [0.29, 0.717) is 17.4 Å². The van der Waals surface area contributed by atoms with Gasteiger partial charge in [0.2, 0.25) is 0 Å². The standard InChI is InChI=1S/C21H25NO4/c1-13(2)18-12-17(26-20(18)14(3)4)10-11-19(23)22(5)16-8-6-15(7-9-16)21(24)25/h6-14H,1-5H3,(H,24,25). The normalized spacial score (nSPS) is 11.5. The van der Waals surface area contributed by atoms with E-state index in [1.54, 1.807) is 25.3 Å². The molecule has 0 aliphatic heterocycles. The molecule has 0 aliphatic rings. The van der Waals surface area contributed by atoms with Gasteiger partial charge in [-0.2, -0.15) is 0 Å². The summed E-state index contributed by atoms with van der Waals surface area (Å²) in [6.45, 7) is 8.39. The zero-order chi connectivity index (χ0) is 19.4. The number of nitrogens with zero attached hydrogens (tertiary/aromatic N) is 1. The smallest absolute Gasteiger partial charge is 0.335 e. The van der Waals surface area contributed by atoms with Crippen molar-refractivity contribution in [3.8, 4) is 0 Å². The number of carbonyl (C=O) groups is 2. The van der Waals surface area contributed by atoms with E-state index in [9.17, 15) is 9.59 Å². The second-order valence-electron chi connectivity index (χ2n) is 6.86. The summed E-state index contributed by atoms with van der Waals surface area (Å²) in [5.74, 6) is 1.02. The summed E-state index contributed by atoms with van der Waals surface area (Å²) in [7, 11) is 1.64. The summed E-state index contributed by atoms with van der Waals surface area (Å²) in [4.78, 5) is 24.7. The maximum absolute atomic E-state index is 12.4. The minimum absolute atomic E-state index is 0.183. The predicted molar refractivity (Wildman–Crippen MR) is 103 cm³/mol. The monoisotopic (exact) mass is 355 g/mol. The van der Waals surface area contributed by atoms with Gasteiger partial charge < -0.3 is 14.4 Å². The third kappa shape index (κ3) is 4.42. The highest BCUT2D eigenvalue weighted by molar-refractivity contribution is 6.03. The number of amides is 1. The molecule has 0 aliphatic carbocycles. The van der Waals surface area contributed by atoms with Gasteiger partial charge in [0.25, 0.3) is 5.91 Å². The van der Waals surface area contributed by atoms with Gasteiger partial charge in [0.05, 0.1) is 5.56 Å². The van der Waals surface area contributed by atoms with Crippen molar-refractivity contribution in [3.63, 3.8) is 0 Å². The zero-order valence-corrected chi connectivity index (χ0v) is 15.8. The largest absolute Gasteiger partial charge is 0.478 e. The molecule has 0 atom stereocenters. The fourth-order valence-electron chi connectivity index (χ4n) is 2.64. The van der Waals surface area contributed by atoms with Crippen LogP contribution in [0, 0.1) is 0 Å². The summed E-state index contributed by atoms with van der Waals surface area (Å²) >= 11 is 0. The molecule has 2 aromatic rings. The lowest BCUT2D eigenvalue weighted by atomic mass is 9.98. The first-order chi connectivity index (χ1) is 12.2. The van der Waals surface area contributed by atoms with Crippen molar-refractivity contribution in [2.75, 3.05) is 11.9 Å². The summed E-state index contributed by atoms with van der Waals surface area (Å²) in [5, 5.41) is 8.93. The van der Waals surface area contributed by atoms with Crippen LogP contribution in [0.5, 0.6) is 0 Å². The summed E-state index contributed by atoms with van der Waals surface area (Å²) in [5.41, 5.74) is 1.96. The average molecular weight is 355 g/mol. The minimum Gasteiger partial charge on any atom is -0.478 e. The van der Waals surface area contributed by atoms with Crippen LogP contribution >= 0.6 is 0 Å². The van der Waals surface area contributed by atoms with Crippen LogP contribution in [0.15, 0.2) is 40.8 Å². The minimum atomic E-state index is -0.995. The van der Waals surface area contributed by atoms with Crippen LogP contribution in [-0.2, 0) is 4.79 Å². The molecule has 1 heterocycles. The highest BCUT2D eigenvalue weighted by Crippen LogP contribution is 2.30. The van der Waals surface area contributed by atoms with E-state index in [4.69, 9.17) is 9.52 Å². The Morgan fingerprint density at radius 1 is 1.08 bits per heavy atom. The highest BCUT2D eigenvalue weighted by atomic mass is 16.4. The lowest BCUT2D eigenvalue weighted by Gasteiger charge is -2.15. The summed E-state index contributed by atoms with van der Waals surface area (Å²) in [6, 6.07) is 8.14. The zero-order valence-electron chi connectivity index (χ0n) is 15.8. The lowest BCUT2D eigenvalue weighted by Crippen LogP contribution is -2.23. The molecule has 0 saturated carbocycles. The molecule has 0 fully saturated rings. The van der Waals surface area contributed by atoms with E-state index < -0.39 is 5.97 Å². The van der Waals surface area contributed by atoms with Crippen molar-refractivity contribution < 1.29 is 19.1 Å².